The van der Waals surface area contributed by atoms with E-state index in [4.69, 9.17) is 10.8 Å². The molecule has 126 valence electrons. The summed E-state index contributed by atoms with van der Waals surface area (Å²) in [5.41, 5.74) is 8.57. The molecule has 24 heavy (non-hydrogen) atoms. The Labute approximate surface area is 148 Å². The molecule has 6 heteroatoms. The minimum Gasteiger partial charge on any atom is -0.478 e. The van der Waals surface area contributed by atoms with Crippen LogP contribution in [-0.2, 0) is 6.42 Å². The molecule has 0 spiro atoms. The number of nitrogens with two attached hydrogens (primary N) is 1. The summed E-state index contributed by atoms with van der Waals surface area (Å²) in [6, 6.07) is 11.8. The number of hydrogen-bond donors (Lipinski definition) is 3. The fourth-order valence-electron chi connectivity index (χ4n) is 2.50. The van der Waals surface area contributed by atoms with Crippen LogP contribution >= 0.6 is 15.9 Å². The van der Waals surface area contributed by atoms with E-state index in [0.29, 0.717) is 12.0 Å². The van der Waals surface area contributed by atoms with Crippen molar-refractivity contribution in [1.82, 2.24) is 0 Å². The van der Waals surface area contributed by atoms with Gasteiger partial charge in [-0.1, -0.05) is 46.3 Å². The Balaban J connectivity index is 2.32. The van der Waals surface area contributed by atoms with Gasteiger partial charge in [0.25, 0.3) is 0 Å². The largest absolute Gasteiger partial charge is 0.478 e. The van der Waals surface area contributed by atoms with Gasteiger partial charge in [0.15, 0.2) is 0 Å². The summed E-state index contributed by atoms with van der Waals surface area (Å²) in [5, 5.41) is 19.2. The number of alkyl halides is 1. The molecule has 0 heterocycles. The average Bonchev–Trinajstić information content (AvgIpc) is 2.55. The van der Waals surface area contributed by atoms with E-state index in [1.54, 1.807) is 6.07 Å². The number of hydrogen-bond acceptors (Lipinski definition) is 3. The Morgan fingerprint density at radius 2 is 1.83 bits per heavy atom. The SMILES string of the molecule is NC(CCBr)c1cccc(Cc2ccc(C(=O)O)cc2C(=O)O)c1. The van der Waals surface area contributed by atoms with Gasteiger partial charge in [-0.15, -0.1) is 0 Å². The fraction of sp³-hybridized carbons (Fsp3) is 0.222. The van der Waals surface area contributed by atoms with Crippen LogP contribution in [0.2, 0.25) is 0 Å². The molecule has 2 aromatic rings. The number of carboxylic acid groups (broad SMARTS) is 2. The van der Waals surface area contributed by atoms with Gasteiger partial charge in [0.1, 0.15) is 0 Å². The molecule has 2 rings (SSSR count). The van der Waals surface area contributed by atoms with Crippen LogP contribution in [0.5, 0.6) is 0 Å². The van der Waals surface area contributed by atoms with E-state index in [9.17, 15) is 14.7 Å². The van der Waals surface area contributed by atoms with Crippen molar-refractivity contribution in [2.24, 2.45) is 5.73 Å². The molecule has 0 amide bonds. The van der Waals surface area contributed by atoms with Crippen LogP contribution in [-0.4, -0.2) is 27.5 Å². The lowest BCUT2D eigenvalue weighted by Gasteiger charge is -2.13. The van der Waals surface area contributed by atoms with Gasteiger partial charge in [0.05, 0.1) is 11.1 Å². The van der Waals surface area contributed by atoms with Gasteiger partial charge in [0, 0.05) is 11.4 Å². The standard InChI is InChI=1S/C18H18BrNO4/c19-7-6-16(20)13-3-1-2-11(9-13)8-12-4-5-14(17(21)22)10-15(12)18(23)24/h1-5,9-10,16H,6-8,20H2,(H,21,22)(H,23,24). The molecule has 2 aromatic carbocycles. The summed E-state index contributed by atoms with van der Waals surface area (Å²) < 4.78 is 0. The van der Waals surface area contributed by atoms with Gasteiger partial charge in [-0.25, -0.2) is 9.59 Å². The Hall–Kier alpha value is -2.18. The zero-order valence-electron chi connectivity index (χ0n) is 12.9. The van der Waals surface area contributed by atoms with Crippen molar-refractivity contribution in [2.75, 3.05) is 5.33 Å². The van der Waals surface area contributed by atoms with Crippen LogP contribution in [0.3, 0.4) is 0 Å². The molecule has 5 nitrogen and oxygen atoms in total. The molecule has 0 aliphatic heterocycles. The highest BCUT2D eigenvalue weighted by molar-refractivity contribution is 9.09. The zero-order valence-corrected chi connectivity index (χ0v) is 14.5. The third-order valence-corrected chi connectivity index (χ3v) is 4.24. The van der Waals surface area contributed by atoms with Crippen molar-refractivity contribution in [3.63, 3.8) is 0 Å². The van der Waals surface area contributed by atoms with Crippen molar-refractivity contribution in [3.05, 3.63) is 70.3 Å². The summed E-state index contributed by atoms with van der Waals surface area (Å²) in [4.78, 5) is 22.4. The normalized spacial score (nSPS) is 11.9. The highest BCUT2D eigenvalue weighted by Gasteiger charge is 2.15. The van der Waals surface area contributed by atoms with Crippen molar-refractivity contribution in [2.45, 2.75) is 18.9 Å². The third kappa shape index (κ3) is 4.43. The average molecular weight is 392 g/mol. The first-order chi connectivity index (χ1) is 11.4. The number of rotatable bonds is 7. The number of halogens is 1. The second kappa shape index (κ2) is 8.08. The van der Waals surface area contributed by atoms with E-state index in [2.05, 4.69) is 15.9 Å². The first kappa shape index (κ1) is 18.2. The van der Waals surface area contributed by atoms with Crippen molar-refractivity contribution < 1.29 is 19.8 Å². The second-order valence-corrected chi connectivity index (χ2v) is 6.28. The van der Waals surface area contributed by atoms with Crippen LogP contribution in [0.15, 0.2) is 42.5 Å². The number of carboxylic acids is 2. The first-order valence-corrected chi connectivity index (χ1v) is 8.54. The molecular weight excluding hydrogens is 374 g/mol. The molecular formula is C18H18BrNO4. The van der Waals surface area contributed by atoms with E-state index in [-0.39, 0.29) is 17.2 Å². The fourth-order valence-corrected chi connectivity index (χ4v) is 2.99. The summed E-state index contributed by atoms with van der Waals surface area (Å²) >= 11 is 3.37. The number of benzene rings is 2. The third-order valence-electron chi connectivity index (χ3n) is 3.78. The van der Waals surface area contributed by atoms with E-state index < -0.39 is 11.9 Å². The molecule has 0 aliphatic rings. The Morgan fingerprint density at radius 3 is 2.46 bits per heavy atom. The van der Waals surface area contributed by atoms with Crippen molar-refractivity contribution in [1.29, 1.82) is 0 Å². The zero-order chi connectivity index (χ0) is 17.7. The van der Waals surface area contributed by atoms with E-state index in [1.165, 1.54) is 12.1 Å². The van der Waals surface area contributed by atoms with E-state index in [0.717, 1.165) is 22.9 Å². The lowest BCUT2D eigenvalue weighted by molar-refractivity contribution is 0.0695. The van der Waals surface area contributed by atoms with Gasteiger partial charge in [-0.2, -0.15) is 0 Å². The molecule has 0 saturated carbocycles. The van der Waals surface area contributed by atoms with Gasteiger partial charge in [-0.3, -0.25) is 0 Å². The lowest BCUT2D eigenvalue weighted by atomic mass is 9.95. The maximum atomic E-state index is 11.4. The van der Waals surface area contributed by atoms with E-state index >= 15 is 0 Å². The first-order valence-electron chi connectivity index (χ1n) is 7.42. The minimum absolute atomic E-state index is 0.00468. The Bertz CT molecular complexity index is 760. The molecule has 0 saturated heterocycles. The van der Waals surface area contributed by atoms with Crippen LogP contribution in [0, 0.1) is 0 Å². The Kier molecular flexibility index (Phi) is 6.11. The molecule has 1 atom stereocenters. The molecule has 4 N–H and O–H groups in total. The molecule has 0 aliphatic carbocycles. The molecule has 1 unspecified atom stereocenters. The quantitative estimate of drug-likeness (QED) is 0.627. The van der Waals surface area contributed by atoms with Crippen LogP contribution in [0.25, 0.3) is 0 Å². The summed E-state index contributed by atoms with van der Waals surface area (Å²) in [6.45, 7) is 0. The highest BCUT2D eigenvalue weighted by Crippen LogP contribution is 2.21. The smallest absolute Gasteiger partial charge is 0.336 e. The van der Waals surface area contributed by atoms with Gasteiger partial charge >= 0.3 is 11.9 Å². The highest BCUT2D eigenvalue weighted by atomic mass is 79.9. The van der Waals surface area contributed by atoms with Gasteiger partial charge < -0.3 is 15.9 Å². The van der Waals surface area contributed by atoms with Crippen molar-refractivity contribution >= 4 is 27.9 Å². The number of carbonyl (C=O) groups is 2. The lowest BCUT2D eigenvalue weighted by Crippen LogP contribution is -2.11. The summed E-state index contributed by atoms with van der Waals surface area (Å²) in [6.07, 6.45) is 1.20. The minimum atomic E-state index is -1.15. The maximum Gasteiger partial charge on any atom is 0.336 e. The maximum absolute atomic E-state index is 11.4. The Morgan fingerprint density at radius 1 is 1.08 bits per heavy atom. The molecule has 0 bridgehead atoms. The second-order valence-electron chi connectivity index (χ2n) is 5.49. The molecule has 0 aromatic heterocycles. The van der Waals surface area contributed by atoms with E-state index in [1.807, 2.05) is 24.3 Å². The summed E-state index contributed by atoms with van der Waals surface area (Å²) in [5.74, 6) is -2.29. The summed E-state index contributed by atoms with van der Waals surface area (Å²) in [7, 11) is 0. The predicted molar refractivity (Wildman–Crippen MR) is 94.9 cm³/mol. The van der Waals surface area contributed by atoms with Gasteiger partial charge in [0.2, 0.25) is 0 Å². The van der Waals surface area contributed by atoms with Gasteiger partial charge in [-0.05, 0) is 41.7 Å². The predicted octanol–water partition coefficient (Wildman–Crippen LogP) is 3.46. The molecule has 0 fully saturated rings. The van der Waals surface area contributed by atoms with Crippen LogP contribution < -0.4 is 5.73 Å². The van der Waals surface area contributed by atoms with Crippen molar-refractivity contribution in [3.8, 4) is 0 Å². The number of aromatic carboxylic acids is 2. The monoisotopic (exact) mass is 391 g/mol. The molecule has 0 radical (unpaired) electrons. The topological polar surface area (TPSA) is 101 Å². The van der Waals surface area contributed by atoms with Crippen LogP contribution in [0.4, 0.5) is 0 Å². The van der Waals surface area contributed by atoms with Crippen LogP contribution in [0.1, 0.15) is 49.9 Å².